The van der Waals surface area contributed by atoms with Gasteiger partial charge in [0, 0.05) is 43.6 Å². The predicted octanol–water partition coefficient (Wildman–Crippen LogP) is 3.33. The third kappa shape index (κ3) is 10.4. The number of nitrogens with one attached hydrogen (secondary N) is 2. The molecular weight excluding hydrogens is 1100 g/mol. The van der Waals surface area contributed by atoms with Gasteiger partial charge in [0.05, 0.1) is 27.6 Å². The number of guanidine groups is 1. The van der Waals surface area contributed by atoms with E-state index >= 15 is 0 Å². The Balaban J connectivity index is 0.000000251. The lowest BCUT2D eigenvalue weighted by atomic mass is 9.46. The number of aromatic carboxylic acids is 1. The van der Waals surface area contributed by atoms with Crippen LogP contribution in [0.5, 0.6) is 0 Å². The minimum atomic E-state index is -1.62. The summed E-state index contributed by atoms with van der Waals surface area (Å²) in [6.45, 7) is 6.28. The van der Waals surface area contributed by atoms with Crippen molar-refractivity contribution in [3.05, 3.63) is 40.1 Å². The molecule has 0 heterocycles. The third-order valence-electron chi connectivity index (χ3n) is 11.4. The Morgan fingerprint density at radius 2 is 1.53 bits per heavy atom. The first-order valence-corrected chi connectivity index (χ1v) is 21.5. The smallest absolute Gasteiger partial charge is 0.338 e. The summed E-state index contributed by atoms with van der Waals surface area (Å²) >= 11 is 5.71. The SMILES string of the molecule is CC(=O)Nc1c(I)c(NC(C)=O)c(I)c(C(=O)O)c1I.C[C@]12C=CC(=O)C=C1CC[C@@H]1[C@@H]2C(=O)C[C@@]2(C)[C@H]1CC[C@]2(O)C(=O)CO.NC(N)=NCCCC(N)C(=O)O. The average molecular weight is 1150 g/mol. The van der Waals surface area contributed by atoms with E-state index in [1.807, 2.05) is 87.7 Å². The highest BCUT2D eigenvalue weighted by Crippen LogP contribution is 2.66. The van der Waals surface area contributed by atoms with Gasteiger partial charge < -0.3 is 48.3 Å². The second kappa shape index (κ2) is 20.0. The largest absolute Gasteiger partial charge is 0.480 e. The zero-order valence-corrected chi connectivity index (χ0v) is 38.8. The first kappa shape index (κ1) is 49.3. The average Bonchev–Trinajstić information content (AvgIpc) is 3.40. The number of hydrogen-bond donors (Lipinski definition) is 9. The molecule has 4 aliphatic carbocycles. The van der Waals surface area contributed by atoms with Gasteiger partial charge in [0.15, 0.2) is 17.5 Å². The number of amides is 2. The number of aliphatic hydroxyl groups is 2. The van der Waals surface area contributed by atoms with Crippen LogP contribution in [0.4, 0.5) is 11.4 Å². The van der Waals surface area contributed by atoms with Crippen molar-refractivity contribution in [1.82, 2.24) is 0 Å². The fraction of sp³-hybridized carbons (Fsp3) is 0.526. The number of benzene rings is 1. The molecule has 5 rings (SSSR count). The maximum atomic E-state index is 13.3. The number of carbonyl (C=O) groups is 7. The lowest BCUT2D eigenvalue weighted by molar-refractivity contribution is -0.168. The van der Waals surface area contributed by atoms with E-state index < -0.39 is 46.8 Å². The van der Waals surface area contributed by atoms with Crippen LogP contribution in [0.2, 0.25) is 0 Å². The second-order valence-electron chi connectivity index (χ2n) is 15.1. The zero-order chi connectivity index (χ0) is 44.1. The summed E-state index contributed by atoms with van der Waals surface area (Å²) in [5, 5.41) is 43.4. The number of nitrogens with two attached hydrogens (primary N) is 3. The topological polar surface area (TPSA) is 315 Å². The van der Waals surface area contributed by atoms with Crippen molar-refractivity contribution in [1.29, 1.82) is 0 Å². The zero-order valence-electron chi connectivity index (χ0n) is 32.4. The molecule has 7 atom stereocenters. The number of carbonyl (C=O) groups excluding carboxylic acids is 5. The van der Waals surface area contributed by atoms with E-state index in [2.05, 4.69) is 15.6 Å². The van der Waals surface area contributed by atoms with Crippen LogP contribution in [0.15, 0.2) is 28.8 Å². The standard InChI is InChI=1S/C21H26O5.C11H9I3N2O4.C6H14N4O2/c1-19-7-5-13(23)9-12(19)3-4-14-15-6-8-21(26,17(25)11-22)20(15,2)10-16(24)18(14)19;1-3(17)15-9-6(12)5(11(19)20)7(13)10(8(9)14)16-4(2)18;7-4(5(11)12)2-1-3-10-6(8)9/h5,7,9,14-15,18,22,26H,3-4,6,8,10-11H2,1-2H3;1-2H3,(H,15,17)(H,16,18)(H,19,20);4H,1-3,7H2,(H,11,12)(H4,8,9,10)/t14-,15-,18+,19-,20-,21-;;/m0../s1. The molecule has 0 radical (unpaired) electrons. The quantitative estimate of drug-likeness (QED) is 0.0703. The molecule has 3 fully saturated rings. The molecule has 1 aromatic carbocycles. The Morgan fingerprint density at radius 3 is 2.02 bits per heavy atom. The molecule has 0 aliphatic heterocycles. The van der Waals surface area contributed by atoms with E-state index in [1.54, 1.807) is 12.2 Å². The van der Waals surface area contributed by atoms with Gasteiger partial charge in [-0.15, -0.1) is 0 Å². The van der Waals surface area contributed by atoms with Gasteiger partial charge in [-0.1, -0.05) is 25.5 Å². The van der Waals surface area contributed by atoms with E-state index in [-0.39, 0.29) is 59.1 Å². The van der Waals surface area contributed by atoms with Crippen molar-refractivity contribution in [2.75, 3.05) is 23.8 Å². The van der Waals surface area contributed by atoms with E-state index in [0.717, 1.165) is 18.4 Å². The second-order valence-corrected chi connectivity index (χ2v) is 18.4. The molecule has 12 N–H and O–H groups in total. The molecule has 1 unspecified atom stereocenters. The van der Waals surface area contributed by atoms with Gasteiger partial charge in [-0.2, -0.15) is 0 Å². The summed E-state index contributed by atoms with van der Waals surface area (Å²) in [4.78, 5) is 85.2. The van der Waals surface area contributed by atoms with Crippen LogP contribution < -0.4 is 27.8 Å². The molecule has 3 saturated carbocycles. The minimum Gasteiger partial charge on any atom is -0.480 e. The lowest BCUT2D eigenvalue weighted by Gasteiger charge is -2.56. The number of aliphatic carboxylic acids is 1. The lowest BCUT2D eigenvalue weighted by Crippen LogP contribution is -2.60. The van der Waals surface area contributed by atoms with Gasteiger partial charge in [0.25, 0.3) is 0 Å². The molecule has 58 heavy (non-hydrogen) atoms. The van der Waals surface area contributed by atoms with Crippen LogP contribution >= 0.6 is 67.8 Å². The van der Waals surface area contributed by atoms with Crippen LogP contribution in [0.3, 0.4) is 0 Å². The number of Topliss-reactive ketones (excluding diaryl/α,β-unsaturated/α-hetero) is 2. The fourth-order valence-corrected chi connectivity index (χ4v) is 12.9. The molecule has 2 amide bonds. The summed E-state index contributed by atoms with van der Waals surface area (Å²) in [7, 11) is 0. The molecule has 0 bridgehead atoms. The highest BCUT2D eigenvalue weighted by Gasteiger charge is 2.68. The van der Waals surface area contributed by atoms with Crippen molar-refractivity contribution < 1.29 is 54.0 Å². The number of carboxylic acids is 2. The summed E-state index contributed by atoms with van der Waals surface area (Å²) in [6.07, 6.45) is 8.78. The normalized spacial score (nSPS) is 27.1. The number of aliphatic hydroxyl groups excluding tert-OH is 1. The first-order valence-electron chi connectivity index (χ1n) is 18.2. The van der Waals surface area contributed by atoms with Gasteiger partial charge >= 0.3 is 11.9 Å². The van der Waals surface area contributed by atoms with Gasteiger partial charge in [0.2, 0.25) is 11.8 Å². The van der Waals surface area contributed by atoms with Gasteiger partial charge in [-0.05, 0) is 130 Å². The summed E-state index contributed by atoms with van der Waals surface area (Å²) in [5.41, 5.74) is 14.3. The highest BCUT2D eigenvalue weighted by molar-refractivity contribution is 14.1. The molecular formula is C38H49I3N6O11. The Kier molecular flexibility index (Phi) is 17.0. The number of allylic oxidation sites excluding steroid dienone is 4. The van der Waals surface area contributed by atoms with Crippen LogP contribution in [-0.2, 0) is 28.8 Å². The molecule has 0 aromatic heterocycles. The van der Waals surface area contributed by atoms with E-state index in [4.69, 9.17) is 22.3 Å². The monoisotopic (exact) mass is 1150 g/mol. The number of fused-ring (bicyclic) bond motifs is 5. The van der Waals surface area contributed by atoms with Crippen LogP contribution in [0, 0.1) is 39.3 Å². The number of nitrogens with zero attached hydrogens (tertiary/aromatic N) is 1. The number of carboxylic acid groups (broad SMARTS) is 2. The summed E-state index contributed by atoms with van der Waals surface area (Å²) < 4.78 is 1.44. The fourth-order valence-electron chi connectivity index (χ4n) is 8.69. The maximum absolute atomic E-state index is 13.3. The molecule has 318 valence electrons. The maximum Gasteiger partial charge on any atom is 0.338 e. The van der Waals surface area contributed by atoms with E-state index in [0.29, 0.717) is 54.3 Å². The van der Waals surface area contributed by atoms with Crippen LogP contribution in [-0.4, -0.2) is 92.3 Å². The Hall–Kier alpha value is -3.07. The predicted molar refractivity (Wildman–Crippen MR) is 240 cm³/mol. The Morgan fingerprint density at radius 1 is 0.966 bits per heavy atom. The third-order valence-corrected chi connectivity index (χ3v) is 14.7. The van der Waals surface area contributed by atoms with Gasteiger partial charge in [-0.3, -0.25) is 33.8 Å². The molecule has 17 nitrogen and oxygen atoms in total. The van der Waals surface area contributed by atoms with Crippen LogP contribution in [0.25, 0.3) is 0 Å². The number of rotatable bonds is 10. The van der Waals surface area contributed by atoms with Crippen molar-refractivity contribution in [2.24, 2.45) is 50.8 Å². The van der Waals surface area contributed by atoms with Crippen molar-refractivity contribution in [2.45, 2.75) is 84.3 Å². The highest BCUT2D eigenvalue weighted by atomic mass is 127. The first-order chi connectivity index (χ1) is 26.9. The summed E-state index contributed by atoms with van der Waals surface area (Å²) in [6, 6.07) is -0.820. The number of hydrogen-bond acceptors (Lipinski definition) is 11. The number of halogens is 3. The van der Waals surface area contributed by atoms with Gasteiger partial charge in [0.1, 0.15) is 24.0 Å². The molecule has 20 heteroatoms. The van der Waals surface area contributed by atoms with Crippen molar-refractivity contribution >= 4 is 126 Å². The Labute approximate surface area is 376 Å². The molecule has 1 aromatic rings. The van der Waals surface area contributed by atoms with Crippen LogP contribution in [0.1, 0.15) is 83.0 Å². The van der Waals surface area contributed by atoms with E-state index in [9.17, 15) is 48.9 Å². The summed E-state index contributed by atoms with van der Waals surface area (Å²) in [5.74, 6) is -3.32. The molecule has 0 saturated heterocycles. The number of anilines is 2. The molecule has 0 spiro atoms. The van der Waals surface area contributed by atoms with Crippen molar-refractivity contribution in [3.63, 3.8) is 0 Å². The van der Waals surface area contributed by atoms with Crippen molar-refractivity contribution in [3.8, 4) is 0 Å². The molecule has 4 aliphatic rings. The minimum absolute atomic E-state index is 0.0129. The number of ketones is 3. The van der Waals surface area contributed by atoms with Gasteiger partial charge in [-0.25, -0.2) is 4.79 Å². The van der Waals surface area contributed by atoms with E-state index in [1.165, 1.54) is 13.8 Å². The number of aliphatic imine (C=N–C) groups is 1. The Bertz CT molecular complexity index is 1930.